The summed E-state index contributed by atoms with van der Waals surface area (Å²) in [7, 11) is 4.13. The lowest BCUT2D eigenvalue weighted by Gasteiger charge is -2.32. The summed E-state index contributed by atoms with van der Waals surface area (Å²) in [5.74, 6) is -0.0611. The summed E-state index contributed by atoms with van der Waals surface area (Å²) in [6.45, 7) is 5.62. The molecule has 1 aliphatic rings. The molecule has 0 spiro atoms. The Balaban J connectivity index is 2.47. The van der Waals surface area contributed by atoms with Gasteiger partial charge in [0, 0.05) is 6.54 Å². The van der Waals surface area contributed by atoms with Gasteiger partial charge in [0.2, 0.25) is 5.91 Å². The molecule has 0 saturated heterocycles. The van der Waals surface area contributed by atoms with Gasteiger partial charge in [-0.15, -0.1) is 0 Å². The third-order valence-corrected chi connectivity index (χ3v) is 3.78. The van der Waals surface area contributed by atoms with Crippen molar-refractivity contribution < 1.29 is 4.79 Å². The molecule has 1 atom stereocenters. The van der Waals surface area contributed by atoms with Gasteiger partial charge in [0.1, 0.15) is 5.54 Å². The molecule has 0 heterocycles. The maximum absolute atomic E-state index is 11.6. The zero-order chi connectivity index (χ0) is 13.8. The van der Waals surface area contributed by atoms with Crippen LogP contribution in [0.4, 0.5) is 0 Å². The largest absolute Gasteiger partial charge is 0.368 e. The fraction of sp³-hybridized carbons (Fsp3) is 0.923. The number of nitrogens with two attached hydrogens (primary N) is 2. The molecule has 0 aromatic carbocycles. The van der Waals surface area contributed by atoms with Crippen molar-refractivity contribution in [1.29, 1.82) is 0 Å². The van der Waals surface area contributed by atoms with Crippen LogP contribution >= 0.6 is 0 Å². The quantitative estimate of drug-likeness (QED) is 0.602. The summed E-state index contributed by atoms with van der Waals surface area (Å²) in [6, 6.07) is 0. The highest BCUT2D eigenvalue weighted by Gasteiger charge is 2.47. The molecular formula is C13H28N4O. The molecule has 5 nitrogen and oxygen atoms in total. The summed E-state index contributed by atoms with van der Waals surface area (Å²) in [4.78, 5) is 16.0. The van der Waals surface area contributed by atoms with Crippen molar-refractivity contribution in [3.63, 3.8) is 0 Å². The Morgan fingerprint density at radius 2 is 1.94 bits per heavy atom. The Morgan fingerprint density at radius 3 is 2.33 bits per heavy atom. The second-order valence-electron chi connectivity index (χ2n) is 5.70. The zero-order valence-electron chi connectivity index (χ0n) is 12.0. The third kappa shape index (κ3) is 4.23. The molecule has 1 aliphatic carbocycles. The summed E-state index contributed by atoms with van der Waals surface area (Å²) in [5, 5.41) is 0. The average Bonchev–Trinajstić information content (AvgIpc) is 3.10. The molecule has 0 radical (unpaired) electrons. The standard InChI is InChI=1S/C13H28N4O/c1-4-17(9-5-8-16(2)3)10-13(15,12(14)18)11-6-7-11/h11H,4-10,15H2,1-3H3,(H2,14,18). The molecule has 0 aromatic heterocycles. The second-order valence-corrected chi connectivity index (χ2v) is 5.70. The lowest BCUT2D eigenvalue weighted by atomic mass is 9.92. The first-order chi connectivity index (χ1) is 8.40. The lowest BCUT2D eigenvalue weighted by molar-refractivity contribution is -0.124. The molecule has 1 amide bonds. The van der Waals surface area contributed by atoms with Crippen LogP contribution in [-0.4, -0.2) is 61.5 Å². The monoisotopic (exact) mass is 256 g/mol. The summed E-state index contributed by atoms with van der Waals surface area (Å²) in [5.41, 5.74) is 10.9. The molecule has 18 heavy (non-hydrogen) atoms. The Hall–Kier alpha value is -0.650. The Labute approximate surface area is 110 Å². The molecule has 106 valence electrons. The Kier molecular flexibility index (Phi) is 5.56. The molecule has 0 aliphatic heterocycles. The van der Waals surface area contributed by atoms with Crippen molar-refractivity contribution in [2.75, 3.05) is 40.3 Å². The van der Waals surface area contributed by atoms with Crippen LogP contribution in [0.25, 0.3) is 0 Å². The van der Waals surface area contributed by atoms with E-state index in [0.29, 0.717) is 6.54 Å². The van der Waals surface area contributed by atoms with E-state index in [1.807, 2.05) is 0 Å². The fourth-order valence-electron chi connectivity index (χ4n) is 2.34. The number of rotatable bonds is 9. The highest BCUT2D eigenvalue weighted by atomic mass is 16.1. The normalized spacial score (nSPS) is 19.2. The molecule has 1 unspecified atom stereocenters. The molecule has 1 saturated carbocycles. The van der Waals surface area contributed by atoms with Gasteiger partial charge in [-0.05, 0) is 58.9 Å². The van der Waals surface area contributed by atoms with E-state index in [9.17, 15) is 4.79 Å². The molecule has 4 N–H and O–H groups in total. The SMILES string of the molecule is CCN(CCCN(C)C)CC(N)(C(N)=O)C1CC1. The predicted molar refractivity (Wildman–Crippen MR) is 74.1 cm³/mol. The maximum atomic E-state index is 11.6. The van der Waals surface area contributed by atoms with E-state index in [-0.39, 0.29) is 11.8 Å². The minimum absolute atomic E-state index is 0.290. The van der Waals surface area contributed by atoms with Gasteiger partial charge >= 0.3 is 0 Å². The van der Waals surface area contributed by atoms with Crippen LogP contribution in [0, 0.1) is 5.92 Å². The van der Waals surface area contributed by atoms with Crippen LogP contribution in [0.5, 0.6) is 0 Å². The van der Waals surface area contributed by atoms with E-state index < -0.39 is 5.54 Å². The molecule has 0 bridgehead atoms. The highest BCUT2D eigenvalue weighted by Crippen LogP contribution is 2.38. The first kappa shape index (κ1) is 15.4. The Bertz CT molecular complexity index is 278. The van der Waals surface area contributed by atoms with Gasteiger partial charge in [-0.25, -0.2) is 0 Å². The van der Waals surface area contributed by atoms with Crippen molar-refractivity contribution in [2.45, 2.75) is 31.7 Å². The Morgan fingerprint density at radius 1 is 1.33 bits per heavy atom. The van der Waals surface area contributed by atoms with Crippen LogP contribution < -0.4 is 11.5 Å². The van der Waals surface area contributed by atoms with E-state index in [0.717, 1.165) is 38.9 Å². The summed E-state index contributed by atoms with van der Waals surface area (Å²) in [6.07, 6.45) is 3.16. The van der Waals surface area contributed by atoms with Crippen molar-refractivity contribution in [2.24, 2.45) is 17.4 Å². The summed E-state index contributed by atoms with van der Waals surface area (Å²) >= 11 is 0. The van der Waals surface area contributed by atoms with Crippen molar-refractivity contribution in [3.05, 3.63) is 0 Å². The lowest BCUT2D eigenvalue weighted by Crippen LogP contribution is -2.60. The summed E-state index contributed by atoms with van der Waals surface area (Å²) < 4.78 is 0. The number of nitrogens with zero attached hydrogens (tertiary/aromatic N) is 2. The topological polar surface area (TPSA) is 75.6 Å². The van der Waals surface area contributed by atoms with Gasteiger partial charge < -0.3 is 21.3 Å². The molecule has 0 aromatic rings. The van der Waals surface area contributed by atoms with Crippen molar-refractivity contribution >= 4 is 5.91 Å². The van der Waals surface area contributed by atoms with Crippen LogP contribution in [0.1, 0.15) is 26.2 Å². The third-order valence-electron chi connectivity index (χ3n) is 3.78. The molecule has 1 fully saturated rings. The first-order valence-corrected chi connectivity index (χ1v) is 6.86. The van der Waals surface area contributed by atoms with Gasteiger partial charge in [-0.2, -0.15) is 0 Å². The fourth-order valence-corrected chi connectivity index (χ4v) is 2.34. The number of primary amides is 1. The van der Waals surface area contributed by atoms with Crippen molar-refractivity contribution in [3.8, 4) is 0 Å². The number of carbonyl (C=O) groups excluding carboxylic acids is 1. The van der Waals surface area contributed by atoms with E-state index in [1.165, 1.54) is 0 Å². The molecule has 1 rings (SSSR count). The van der Waals surface area contributed by atoms with E-state index in [1.54, 1.807) is 0 Å². The highest BCUT2D eigenvalue weighted by molar-refractivity contribution is 5.85. The van der Waals surface area contributed by atoms with Crippen LogP contribution in [-0.2, 0) is 4.79 Å². The van der Waals surface area contributed by atoms with Gasteiger partial charge in [0.25, 0.3) is 0 Å². The zero-order valence-corrected chi connectivity index (χ0v) is 12.0. The smallest absolute Gasteiger partial charge is 0.239 e. The predicted octanol–water partition coefficient (Wildman–Crippen LogP) is -0.147. The van der Waals surface area contributed by atoms with E-state index in [2.05, 4.69) is 30.8 Å². The number of likely N-dealkylation sites (N-methyl/N-ethyl adjacent to an activating group) is 1. The van der Waals surface area contributed by atoms with Gasteiger partial charge in [0.15, 0.2) is 0 Å². The maximum Gasteiger partial charge on any atom is 0.239 e. The minimum atomic E-state index is -0.825. The first-order valence-electron chi connectivity index (χ1n) is 6.86. The number of hydrogen-bond donors (Lipinski definition) is 2. The molecular weight excluding hydrogens is 228 g/mol. The van der Waals surface area contributed by atoms with Gasteiger partial charge in [-0.1, -0.05) is 6.92 Å². The average molecular weight is 256 g/mol. The van der Waals surface area contributed by atoms with Crippen LogP contribution in [0.15, 0.2) is 0 Å². The number of carbonyl (C=O) groups is 1. The van der Waals surface area contributed by atoms with Crippen LogP contribution in [0.2, 0.25) is 0 Å². The van der Waals surface area contributed by atoms with Gasteiger partial charge in [-0.3, -0.25) is 4.79 Å². The number of hydrogen-bond acceptors (Lipinski definition) is 4. The second kappa shape index (κ2) is 6.50. The van der Waals surface area contributed by atoms with Gasteiger partial charge in [0.05, 0.1) is 0 Å². The van der Waals surface area contributed by atoms with E-state index in [4.69, 9.17) is 11.5 Å². The van der Waals surface area contributed by atoms with Crippen molar-refractivity contribution in [1.82, 2.24) is 9.80 Å². The van der Waals surface area contributed by atoms with E-state index >= 15 is 0 Å². The van der Waals surface area contributed by atoms with Crippen LogP contribution in [0.3, 0.4) is 0 Å². The molecule has 5 heteroatoms. The minimum Gasteiger partial charge on any atom is -0.368 e. The number of amides is 1.